The van der Waals surface area contributed by atoms with Crippen LogP contribution in [0, 0.1) is 5.41 Å². The molecule has 0 fully saturated rings. The highest BCUT2D eigenvalue weighted by Crippen LogP contribution is 2.34. The second kappa shape index (κ2) is 6.46. The average Bonchev–Trinajstić information content (AvgIpc) is 2.15. The summed E-state index contributed by atoms with van der Waals surface area (Å²) in [4.78, 5) is 0. The number of aliphatic hydroxyl groups excluding tert-OH is 1. The lowest BCUT2D eigenvalue weighted by molar-refractivity contribution is -0.126. The molecule has 0 aliphatic rings. The molecule has 0 aliphatic heterocycles. The molecule has 0 aromatic carbocycles. The molecule has 0 aliphatic carbocycles. The maximum absolute atomic E-state index is 8.65. The summed E-state index contributed by atoms with van der Waals surface area (Å²) in [5.74, 6) is 0. The van der Waals surface area contributed by atoms with E-state index in [1.807, 2.05) is 0 Å². The van der Waals surface area contributed by atoms with E-state index < -0.39 is 0 Å². The van der Waals surface area contributed by atoms with Crippen LogP contribution in [0.15, 0.2) is 0 Å². The Bertz CT molecular complexity index is 164. The van der Waals surface area contributed by atoms with Crippen LogP contribution < -0.4 is 0 Å². The van der Waals surface area contributed by atoms with Gasteiger partial charge in [-0.05, 0) is 20.3 Å². The van der Waals surface area contributed by atoms with E-state index >= 15 is 0 Å². The van der Waals surface area contributed by atoms with Crippen LogP contribution in [0.1, 0.15) is 41.0 Å². The van der Waals surface area contributed by atoms with Gasteiger partial charge in [0.25, 0.3) is 0 Å². The standard InChI is InChI=1S/C12H26O3/c1-6-8-15-12(4,5)11(2,3)10-14-9-7-13/h13H,6-10H2,1-5H3. The first-order valence-electron chi connectivity index (χ1n) is 5.70. The fraction of sp³-hybridized carbons (Fsp3) is 1.00. The monoisotopic (exact) mass is 218 g/mol. The van der Waals surface area contributed by atoms with Crippen molar-refractivity contribution in [1.29, 1.82) is 0 Å². The molecule has 0 rings (SSSR count). The van der Waals surface area contributed by atoms with E-state index in [1.54, 1.807) is 0 Å². The maximum atomic E-state index is 8.65. The quantitative estimate of drug-likeness (QED) is 0.635. The van der Waals surface area contributed by atoms with Crippen molar-refractivity contribution in [3.05, 3.63) is 0 Å². The average molecular weight is 218 g/mol. The van der Waals surface area contributed by atoms with Gasteiger partial charge in [-0.25, -0.2) is 0 Å². The topological polar surface area (TPSA) is 38.7 Å². The maximum Gasteiger partial charge on any atom is 0.0699 e. The zero-order valence-corrected chi connectivity index (χ0v) is 10.8. The van der Waals surface area contributed by atoms with Gasteiger partial charge in [-0.2, -0.15) is 0 Å². The number of hydrogen-bond donors (Lipinski definition) is 1. The second-order valence-electron chi connectivity index (χ2n) is 5.02. The van der Waals surface area contributed by atoms with Crippen LogP contribution in [0.3, 0.4) is 0 Å². The van der Waals surface area contributed by atoms with Crippen LogP contribution in [0.4, 0.5) is 0 Å². The third-order valence-corrected chi connectivity index (χ3v) is 3.00. The van der Waals surface area contributed by atoms with Gasteiger partial charge in [-0.15, -0.1) is 0 Å². The first-order valence-corrected chi connectivity index (χ1v) is 5.70. The highest BCUT2D eigenvalue weighted by atomic mass is 16.5. The minimum Gasteiger partial charge on any atom is -0.394 e. The van der Waals surface area contributed by atoms with Crippen molar-refractivity contribution in [2.24, 2.45) is 5.41 Å². The Kier molecular flexibility index (Phi) is 6.41. The van der Waals surface area contributed by atoms with Crippen LogP contribution in [0.2, 0.25) is 0 Å². The van der Waals surface area contributed by atoms with E-state index in [1.165, 1.54) is 0 Å². The molecule has 0 saturated carbocycles. The second-order valence-corrected chi connectivity index (χ2v) is 5.02. The summed E-state index contributed by atoms with van der Waals surface area (Å²) in [7, 11) is 0. The van der Waals surface area contributed by atoms with E-state index in [4.69, 9.17) is 14.6 Å². The van der Waals surface area contributed by atoms with Crippen LogP contribution >= 0.6 is 0 Å². The molecule has 0 amide bonds. The van der Waals surface area contributed by atoms with Crippen LogP contribution in [0.5, 0.6) is 0 Å². The predicted molar refractivity (Wildman–Crippen MR) is 62.0 cm³/mol. The molecule has 0 saturated heterocycles. The summed E-state index contributed by atoms with van der Waals surface area (Å²) in [5.41, 5.74) is -0.268. The normalized spacial score (nSPS) is 13.2. The number of hydrogen-bond acceptors (Lipinski definition) is 3. The Hall–Kier alpha value is -0.120. The van der Waals surface area contributed by atoms with Gasteiger partial charge in [0.1, 0.15) is 0 Å². The molecule has 3 heteroatoms. The van der Waals surface area contributed by atoms with Crippen LogP contribution in [0.25, 0.3) is 0 Å². The molecule has 3 nitrogen and oxygen atoms in total. The van der Waals surface area contributed by atoms with E-state index in [2.05, 4.69) is 34.6 Å². The van der Waals surface area contributed by atoms with Gasteiger partial charge in [-0.1, -0.05) is 20.8 Å². The first kappa shape index (κ1) is 14.9. The smallest absolute Gasteiger partial charge is 0.0699 e. The third kappa shape index (κ3) is 4.96. The summed E-state index contributed by atoms with van der Waals surface area (Å²) in [5, 5.41) is 8.65. The molecule has 0 heterocycles. The van der Waals surface area contributed by atoms with Gasteiger partial charge in [0.15, 0.2) is 0 Å². The van der Waals surface area contributed by atoms with Crippen molar-refractivity contribution in [3.63, 3.8) is 0 Å². The van der Waals surface area contributed by atoms with Crippen molar-refractivity contribution in [2.45, 2.75) is 46.6 Å². The van der Waals surface area contributed by atoms with Gasteiger partial charge in [0, 0.05) is 12.0 Å². The SMILES string of the molecule is CCCOC(C)(C)C(C)(C)COCCO. The van der Waals surface area contributed by atoms with Gasteiger partial charge in [0.2, 0.25) is 0 Å². The molecule has 0 spiro atoms. The zero-order valence-electron chi connectivity index (χ0n) is 10.8. The summed E-state index contributed by atoms with van der Waals surface area (Å²) >= 11 is 0. The summed E-state index contributed by atoms with van der Waals surface area (Å²) in [6.07, 6.45) is 1.02. The fourth-order valence-corrected chi connectivity index (χ4v) is 1.12. The fourth-order valence-electron chi connectivity index (χ4n) is 1.12. The minimum atomic E-state index is -0.210. The highest BCUT2D eigenvalue weighted by Gasteiger charge is 2.37. The highest BCUT2D eigenvalue weighted by molar-refractivity contribution is 4.87. The lowest BCUT2D eigenvalue weighted by atomic mass is 9.78. The Morgan fingerprint density at radius 1 is 1.07 bits per heavy atom. The van der Waals surface area contributed by atoms with Crippen molar-refractivity contribution in [3.8, 4) is 0 Å². The summed E-state index contributed by atoms with van der Waals surface area (Å²) < 4.78 is 11.2. The van der Waals surface area contributed by atoms with Gasteiger partial charge >= 0.3 is 0 Å². The lowest BCUT2D eigenvalue weighted by Crippen LogP contribution is -2.45. The molecular weight excluding hydrogens is 192 g/mol. The molecule has 0 aromatic rings. The summed E-state index contributed by atoms with van der Waals surface area (Å²) in [6.45, 7) is 12.4. The molecular formula is C12H26O3. The van der Waals surface area contributed by atoms with Crippen molar-refractivity contribution >= 4 is 0 Å². The Morgan fingerprint density at radius 2 is 1.67 bits per heavy atom. The Morgan fingerprint density at radius 3 is 2.13 bits per heavy atom. The molecule has 0 aromatic heterocycles. The molecule has 92 valence electrons. The Balaban J connectivity index is 4.14. The van der Waals surface area contributed by atoms with Crippen LogP contribution in [-0.2, 0) is 9.47 Å². The van der Waals surface area contributed by atoms with Crippen molar-refractivity contribution < 1.29 is 14.6 Å². The molecule has 15 heavy (non-hydrogen) atoms. The van der Waals surface area contributed by atoms with Crippen LogP contribution in [-0.4, -0.2) is 37.1 Å². The predicted octanol–water partition coefficient (Wildman–Crippen LogP) is 2.23. The molecule has 0 radical (unpaired) electrons. The largest absolute Gasteiger partial charge is 0.394 e. The van der Waals surface area contributed by atoms with E-state index in [-0.39, 0.29) is 17.6 Å². The third-order valence-electron chi connectivity index (χ3n) is 3.00. The molecule has 0 atom stereocenters. The molecule has 0 bridgehead atoms. The van der Waals surface area contributed by atoms with Gasteiger partial charge < -0.3 is 14.6 Å². The summed E-state index contributed by atoms with van der Waals surface area (Å²) in [6, 6.07) is 0. The van der Waals surface area contributed by atoms with Crippen molar-refractivity contribution in [1.82, 2.24) is 0 Å². The first-order chi connectivity index (χ1) is 6.87. The van der Waals surface area contributed by atoms with Gasteiger partial charge in [0.05, 0.1) is 25.4 Å². The number of ether oxygens (including phenoxy) is 2. The van der Waals surface area contributed by atoms with Gasteiger partial charge in [-0.3, -0.25) is 0 Å². The minimum absolute atomic E-state index is 0.0582. The Labute approximate surface area is 93.8 Å². The molecule has 0 unspecified atom stereocenters. The van der Waals surface area contributed by atoms with E-state index in [9.17, 15) is 0 Å². The lowest BCUT2D eigenvalue weighted by Gasteiger charge is -2.41. The number of rotatable bonds is 8. The zero-order chi connectivity index (χ0) is 11.9. The molecule has 1 N–H and O–H groups in total. The van der Waals surface area contributed by atoms with E-state index in [0.29, 0.717) is 13.2 Å². The van der Waals surface area contributed by atoms with Crippen molar-refractivity contribution in [2.75, 3.05) is 26.4 Å². The van der Waals surface area contributed by atoms with E-state index in [0.717, 1.165) is 13.0 Å². The number of aliphatic hydroxyl groups is 1.